The van der Waals surface area contributed by atoms with Crippen molar-refractivity contribution in [2.45, 2.75) is 0 Å². The Kier molecular flexibility index (Phi) is 29.4. The minimum Gasteiger partial charge on any atom is -0.256 e. The summed E-state index contributed by atoms with van der Waals surface area (Å²) in [6.45, 7) is 0. The molecule has 0 aliphatic rings. The Labute approximate surface area is 749 Å². The smallest absolute Gasteiger partial charge is 0.0709 e. The van der Waals surface area contributed by atoms with E-state index in [0.29, 0.717) is 0 Å². The van der Waals surface area contributed by atoms with Crippen LogP contribution < -0.4 is 0 Å². The highest BCUT2D eigenvalue weighted by molar-refractivity contribution is 7.26. The van der Waals surface area contributed by atoms with Crippen LogP contribution >= 0.6 is 11.3 Å². The largest absolute Gasteiger partial charge is 0.256 e. The fraction of sp³-hybridized carbons (Fsp3) is 0. The van der Waals surface area contributed by atoms with Crippen LogP contribution in [-0.2, 0) is 0 Å². The van der Waals surface area contributed by atoms with Crippen LogP contribution in [0.1, 0.15) is 0 Å². The van der Waals surface area contributed by atoms with E-state index < -0.39 is 0 Å². The van der Waals surface area contributed by atoms with Gasteiger partial charge in [0.1, 0.15) is 0 Å². The summed E-state index contributed by atoms with van der Waals surface area (Å²) in [5.41, 5.74) is 30.6. The highest BCUT2D eigenvalue weighted by Crippen LogP contribution is 2.40. The van der Waals surface area contributed by atoms with Gasteiger partial charge in [-0.25, -0.2) is 9.97 Å². The van der Waals surface area contributed by atoms with Crippen LogP contribution in [0, 0.1) is 0 Å². The van der Waals surface area contributed by atoms with Crippen LogP contribution in [0.15, 0.2) is 558 Å². The molecule has 5 heterocycles. The van der Waals surface area contributed by atoms with Gasteiger partial charge in [0.2, 0.25) is 0 Å². The fourth-order valence-electron chi connectivity index (χ4n) is 14.9. The topological polar surface area (TPSA) is 51.6 Å². The first kappa shape index (κ1) is 84.2. The standard InChI is InChI=1S/C18H12S.3C18H14.2C17H13N.C16H12N2/c1-2-7-13(8-3-1)14-10-6-11-16-15-9-4-5-12-17(15)19-18(14)16;1-3-9-15(10-4-1)17-13-7-8-14-18(17)16-11-5-2-6-12-16;1-3-8-15(9-4-1)17-12-7-13-18(14-17)16-10-5-2-6-11-16;1-3-7-15(8-4-1)17-11-13-18(14-12-17)16-9-5-2-6-10-16;2*1-3-8-14(9-4-1)16-12-7-13-17(18-16)15-10-5-2-6-11-15;1-3-10-17-15(8-1)13-6-5-7-14(12-13)16-9-2-4-11-18-16/h1-12H;3*1-14H;2*1-13H;1-12H. The number of fused-ring (bicyclic) bond motifs is 3. The summed E-state index contributed by atoms with van der Waals surface area (Å²) in [6, 6.07) is 188. The SMILES string of the molecule is c1ccc(-c2ccc(-c3ccccc3)cc2)cc1.c1ccc(-c2cccc(-c3ccccc3)c2)cc1.c1ccc(-c2cccc(-c3ccccc3)n2)cc1.c1ccc(-c2cccc(-c3ccccc3)n2)cc1.c1ccc(-c2cccc(-c3ccccn3)c2)nc1.c1ccc(-c2cccc3c2sc2ccccc23)cc1.c1ccc(-c2ccccc2-c2ccccc2)cc1. The predicted molar refractivity (Wildman–Crippen MR) is 540 cm³/mol. The van der Waals surface area contributed by atoms with E-state index in [9.17, 15) is 0 Å². The molecule has 0 aliphatic heterocycles. The molecule has 0 atom stereocenters. The van der Waals surface area contributed by atoms with Crippen LogP contribution in [-0.4, -0.2) is 19.9 Å². The molecule has 0 saturated heterocycles. The van der Waals surface area contributed by atoms with E-state index >= 15 is 0 Å². The first-order chi connectivity index (χ1) is 63.0. The second kappa shape index (κ2) is 44.4. The lowest BCUT2D eigenvalue weighted by Gasteiger charge is -2.09. The van der Waals surface area contributed by atoms with Gasteiger partial charge in [-0.3, -0.25) is 9.97 Å². The molecule has 0 fully saturated rings. The van der Waals surface area contributed by atoms with Crippen molar-refractivity contribution in [3.05, 3.63) is 558 Å². The predicted octanol–water partition coefficient (Wildman–Crippen LogP) is 33.4. The number of rotatable bonds is 13. The van der Waals surface area contributed by atoms with Gasteiger partial charge < -0.3 is 0 Å². The summed E-state index contributed by atoms with van der Waals surface area (Å²) in [5, 5.41) is 2.72. The molecule has 0 radical (unpaired) electrons. The van der Waals surface area contributed by atoms with Crippen LogP contribution in [0.5, 0.6) is 0 Å². The van der Waals surface area contributed by atoms with E-state index in [-0.39, 0.29) is 0 Å². The Morgan fingerprint density at radius 2 is 0.354 bits per heavy atom. The first-order valence-electron chi connectivity index (χ1n) is 42.7. The second-order valence-corrected chi connectivity index (χ2v) is 30.9. The lowest BCUT2D eigenvalue weighted by molar-refractivity contribution is 1.31. The zero-order valence-electron chi connectivity index (χ0n) is 70.3. The summed E-state index contributed by atoms with van der Waals surface area (Å²) in [7, 11) is 0. The van der Waals surface area contributed by atoms with Gasteiger partial charge in [-0.15, -0.1) is 11.3 Å². The van der Waals surface area contributed by atoms with E-state index in [4.69, 9.17) is 9.97 Å². The van der Waals surface area contributed by atoms with Crippen molar-refractivity contribution in [3.8, 4) is 145 Å². The zero-order valence-corrected chi connectivity index (χ0v) is 71.1. The van der Waals surface area contributed by atoms with Crippen LogP contribution in [0.25, 0.3) is 166 Å². The molecule has 0 spiro atoms. The molecule has 5 aromatic heterocycles. The number of benzene rings is 17. The maximum atomic E-state index is 4.71. The molecule has 0 unspecified atom stereocenters. The van der Waals surface area contributed by atoms with E-state index in [0.717, 1.165) is 67.5 Å². The lowest BCUT2D eigenvalue weighted by atomic mass is 9.95. The normalized spacial score (nSPS) is 10.4. The van der Waals surface area contributed by atoms with Gasteiger partial charge in [-0.2, -0.15) is 0 Å². The van der Waals surface area contributed by atoms with E-state index in [1.165, 1.54) is 98.1 Å². The third-order valence-corrected chi connectivity index (χ3v) is 22.5. The molecule has 4 nitrogen and oxygen atoms in total. The van der Waals surface area contributed by atoms with Crippen molar-refractivity contribution < 1.29 is 0 Å². The van der Waals surface area contributed by atoms with Gasteiger partial charge in [0.05, 0.1) is 34.2 Å². The Morgan fingerprint density at radius 1 is 0.134 bits per heavy atom. The summed E-state index contributed by atoms with van der Waals surface area (Å²) in [5.74, 6) is 0. The summed E-state index contributed by atoms with van der Waals surface area (Å²) in [6.07, 6.45) is 3.62. The van der Waals surface area contributed by atoms with E-state index in [1.807, 2.05) is 188 Å². The molecular weight excluding hydrogens is 1550 g/mol. The molecule has 17 aromatic carbocycles. The van der Waals surface area contributed by atoms with Crippen molar-refractivity contribution in [2.24, 2.45) is 0 Å². The zero-order chi connectivity index (χ0) is 85.9. The van der Waals surface area contributed by atoms with Crippen molar-refractivity contribution in [1.29, 1.82) is 0 Å². The number of pyridine rings is 4. The molecule has 0 saturated carbocycles. The van der Waals surface area contributed by atoms with Gasteiger partial charge in [-0.1, -0.05) is 479 Å². The molecule has 5 heteroatoms. The highest BCUT2D eigenvalue weighted by atomic mass is 32.1. The van der Waals surface area contributed by atoms with E-state index in [2.05, 4.69) is 392 Å². The third kappa shape index (κ3) is 23.2. The Hall–Kier alpha value is -16.4. The monoisotopic (exact) mass is 1640 g/mol. The van der Waals surface area contributed by atoms with Crippen LogP contribution in [0.3, 0.4) is 0 Å². The number of nitrogens with zero attached hydrogens (tertiary/aromatic N) is 4. The van der Waals surface area contributed by atoms with Gasteiger partial charge in [-0.05, 0) is 145 Å². The molecule has 0 amide bonds. The third-order valence-electron chi connectivity index (χ3n) is 21.3. The minimum atomic E-state index is 0.982. The van der Waals surface area contributed by atoms with Crippen molar-refractivity contribution in [1.82, 2.24) is 19.9 Å². The summed E-state index contributed by atoms with van der Waals surface area (Å²) >= 11 is 1.88. The van der Waals surface area contributed by atoms with Gasteiger partial charge in [0.25, 0.3) is 0 Å². The van der Waals surface area contributed by atoms with Crippen molar-refractivity contribution >= 4 is 31.5 Å². The van der Waals surface area contributed by atoms with Gasteiger partial charge in [0, 0.05) is 65.9 Å². The number of hydrogen-bond donors (Lipinski definition) is 0. The molecule has 0 bridgehead atoms. The molecule has 0 aliphatic carbocycles. The Balaban J connectivity index is 0.000000109. The average Bonchev–Trinajstić information content (AvgIpc) is 1.62. The first-order valence-corrected chi connectivity index (χ1v) is 43.5. The minimum absolute atomic E-state index is 0.982. The number of thiophene rings is 1. The average molecular weight is 1650 g/mol. The molecule has 22 aromatic rings. The summed E-state index contributed by atoms with van der Waals surface area (Å²) < 4.78 is 2.75. The quantitative estimate of drug-likeness (QED) is 0.115. The highest BCUT2D eigenvalue weighted by Gasteiger charge is 2.12. The molecule has 606 valence electrons. The summed E-state index contributed by atoms with van der Waals surface area (Å²) in [4.78, 5) is 18.2. The van der Waals surface area contributed by atoms with E-state index in [1.54, 1.807) is 0 Å². The molecule has 0 N–H and O–H groups in total. The fourth-order valence-corrected chi connectivity index (χ4v) is 16.2. The number of aromatic nitrogens is 4. The van der Waals surface area contributed by atoms with Gasteiger partial charge >= 0.3 is 0 Å². The Morgan fingerprint density at radius 3 is 0.693 bits per heavy atom. The van der Waals surface area contributed by atoms with Crippen molar-refractivity contribution in [2.75, 3.05) is 0 Å². The molecule has 22 rings (SSSR count). The Bertz CT molecular complexity index is 6210. The molecular formula is C122H92N4S. The lowest BCUT2D eigenvalue weighted by Crippen LogP contribution is -1.87. The van der Waals surface area contributed by atoms with Crippen molar-refractivity contribution in [3.63, 3.8) is 0 Å². The van der Waals surface area contributed by atoms with Crippen LogP contribution in [0.2, 0.25) is 0 Å². The second-order valence-electron chi connectivity index (χ2n) is 29.8. The maximum Gasteiger partial charge on any atom is 0.0709 e. The van der Waals surface area contributed by atoms with Crippen LogP contribution in [0.4, 0.5) is 0 Å². The molecule has 127 heavy (non-hydrogen) atoms. The number of hydrogen-bond acceptors (Lipinski definition) is 5. The van der Waals surface area contributed by atoms with Gasteiger partial charge in [0.15, 0.2) is 0 Å². The maximum absolute atomic E-state index is 4.71.